The van der Waals surface area contributed by atoms with E-state index in [-0.39, 0.29) is 11.1 Å². The number of carbonyl (C=O) groups excluding carboxylic acids is 2. The third-order valence-electron chi connectivity index (χ3n) is 2.39. The molecule has 0 unspecified atom stereocenters. The van der Waals surface area contributed by atoms with Gasteiger partial charge >= 0.3 is 11.9 Å². The molecule has 1 atom stereocenters. The van der Waals surface area contributed by atoms with Crippen molar-refractivity contribution in [2.24, 2.45) is 5.73 Å². The molecule has 1 aromatic carbocycles. The second-order valence-corrected chi connectivity index (χ2v) is 3.91. The highest BCUT2D eigenvalue weighted by Crippen LogP contribution is 2.06. The Morgan fingerprint density at radius 1 is 1.15 bits per heavy atom. The van der Waals surface area contributed by atoms with E-state index in [1.807, 2.05) is 0 Å². The standard InChI is InChI=1S/C12H12N2O6/c13-10(17)6-2-1-3-7(4-6)11(18)14-8(12(19)20)5-9(15)16/h1-4,8H,5H2,(H2,13,17)(H,14,18)(H,15,16)(H,19,20)/t8-/m1/s1. The van der Waals surface area contributed by atoms with E-state index in [1.54, 1.807) is 0 Å². The van der Waals surface area contributed by atoms with E-state index in [9.17, 15) is 19.2 Å². The van der Waals surface area contributed by atoms with Crippen molar-refractivity contribution in [3.05, 3.63) is 35.4 Å². The third-order valence-corrected chi connectivity index (χ3v) is 2.39. The molecule has 2 amide bonds. The van der Waals surface area contributed by atoms with Gasteiger partial charge in [0.25, 0.3) is 5.91 Å². The van der Waals surface area contributed by atoms with E-state index in [0.29, 0.717) is 0 Å². The zero-order valence-electron chi connectivity index (χ0n) is 10.2. The Morgan fingerprint density at radius 2 is 1.75 bits per heavy atom. The Balaban J connectivity index is 2.88. The van der Waals surface area contributed by atoms with Gasteiger partial charge in [-0.1, -0.05) is 6.07 Å². The first-order chi connectivity index (χ1) is 9.31. The molecule has 8 heteroatoms. The highest BCUT2D eigenvalue weighted by atomic mass is 16.4. The largest absolute Gasteiger partial charge is 0.481 e. The zero-order chi connectivity index (χ0) is 15.3. The van der Waals surface area contributed by atoms with E-state index in [4.69, 9.17) is 15.9 Å². The molecule has 0 saturated carbocycles. The first kappa shape index (κ1) is 15.2. The number of aliphatic carboxylic acids is 2. The molecule has 0 radical (unpaired) electrons. The number of hydrogen-bond donors (Lipinski definition) is 4. The van der Waals surface area contributed by atoms with Crippen LogP contribution in [0, 0.1) is 0 Å². The van der Waals surface area contributed by atoms with Crippen LogP contribution in [-0.4, -0.2) is 40.0 Å². The molecule has 1 aromatic rings. The van der Waals surface area contributed by atoms with Crippen LogP contribution in [0.25, 0.3) is 0 Å². The van der Waals surface area contributed by atoms with Gasteiger partial charge in [0.2, 0.25) is 5.91 Å². The van der Waals surface area contributed by atoms with Crippen LogP contribution in [0.5, 0.6) is 0 Å². The third kappa shape index (κ3) is 4.09. The molecule has 8 nitrogen and oxygen atoms in total. The highest BCUT2D eigenvalue weighted by molar-refractivity contribution is 6.00. The number of nitrogens with two attached hydrogens (primary N) is 1. The molecule has 0 bridgehead atoms. The average molecular weight is 280 g/mol. The smallest absolute Gasteiger partial charge is 0.326 e. The van der Waals surface area contributed by atoms with Crippen molar-refractivity contribution in [1.29, 1.82) is 0 Å². The highest BCUT2D eigenvalue weighted by Gasteiger charge is 2.23. The van der Waals surface area contributed by atoms with Gasteiger partial charge in [0.15, 0.2) is 0 Å². The Morgan fingerprint density at radius 3 is 2.25 bits per heavy atom. The second-order valence-electron chi connectivity index (χ2n) is 3.91. The lowest BCUT2D eigenvalue weighted by molar-refractivity contribution is -0.145. The first-order valence-electron chi connectivity index (χ1n) is 5.46. The molecule has 5 N–H and O–H groups in total. The Labute approximate surface area is 113 Å². The fourth-order valence-corrected chi connectivity index (χ4v) is 1.43. The maximum absolute atomic E-state index is 11.8. The van der Waals surface area contributed by atoms with Gasteiger partial charge in [-0.2, -0.15) is 0 Å². The summed E-state index contributed by atoms with van der Waals surface area (Å²) in [7, 11) is 0. The molecule has 0 aliphatic rings. The predicted octanol–water partition coefficient (Wildman–Crippen LogP) is -0.557. The van der Waals surface area contributed by atoms with E-state index in [0.717, 1.165) is 0 Å². The van der Waals surface area contributed by atoms with E-state index >= 15 is 0 Å². The molecular weight excluding hydrogens is 268 g/mol. The maximum atomic E-state index is 11.8. The summed E-state index contributed by atoms with van der Waals surface area (Å²) in [5.41, 5.74) is 5.15. The summed E-state index contributed by atoms with van der Waals surface area (Å²) < 4.78 is 0. The molecule has 0 fully saturated rings. The van der Waals surface area contributed by atoms with E-state index in [1.165, 1.54) is 24.3 Å². The summed E-state index contributed by atoms with van der Waals surface area (Å²) in [5.74, 6) is -4.36. The average Bonchev–Trinajstić information content (AvgIpc) is 2.37. The van der Waals surface area contributed by atoms with Crippen molar-refractivity contribution >= 4 is 23.8 Å². The number of rotatable bonds is 6. The minimum atomic E-state index is -1.56. The molecule has 0 spiro atoms. The van der Waals surface area contributed by atoms with Gasteiger partial charge in [0.05, 0.1) is 6.42 Å². The predicted molar refractivity (Wildman–Crippen MR) is 66.1 cm³/mol. The summed E-state index contributed by atoms with van der Waals surface area (Å²) in [4.78, 5) is 44.1. The van der Waals surface area contributed by atoms with Crippen LogP contribution in [0.3, 0.4) is 0 Å². The van der Waals surface area contributed by atoms with Crippen LogP contribution >= 0.6 is 0 Å². The van der Waals surface area contributed by atoms with Crippen molar-refractivity contribution in [3.8, 4) is 0 Å². The number of primary amides is 1. The van der Waals surface area contributed by atoms with Gasteiger partial charge in [-0.3, -0.25) is 14.4 Å². The fraction of sp³-hybridized carbons (Fsp3) is 0.167. The van der Waals surface area contributed by atoms with Crippen molar-refractivity contribution in [2.75, 3.05) is 0 Å². The van der Waals surface area contributed by atoms with Crippen molar-refractivity contribution in [3.63, 3.8) is 0 Å². The normalized spacial score (nSPS) is 11.4. The SMILES string of the molecule is NC(=O)c1cccc(C(=O)N[C@H](CC(=O)O)C(=O)O)c1. The minimum Gasteiger partial charge on any atom is -0.481 e. The summed E-state index contributed by atoms with van der Waals surface area (Å²) in [6, 6.07) is 3.78. The van der Waals surface area contributed by atoms with Gasteiger partial charge in [0, 0.05) is 11.1 Å². The van der Waals surface area contributed by atoms with Crippen molar-refractivity contribution in [2.45, 2.75) is 12.5 Å². The second kappa shape index (κ2) is 6.32. The molecule has 0 saturated heterocycles. The quantitative estimate of drug-likeness (QED) is 0.549. The minimum absolute atomic E-state index is 0.0120. The molecule has 106 valence electrons. The summed E-state index contributed by atoms with van der Waals surface area (Å²) in [6.07, 6.45) is -0.753. The number of amides is 2. The van der Waals surface area contributed by atoms with E-state index < -0.39 is 36.2 Å². The molecule has 1 rings (SSSR count). The monoisotopic (exact) mass is 280 g/mol. The number of benzene rings is 1. The first-order valence-corrected chi connectivity index (χ1v) is 5.46. The molecule has 0 aliphatic heterocycles. The van der Waals surface area contributed by atoms with Crippen molar-refractivity contribution < 1.29 is 29.4 Å². The molecular formula is C12H12N2O6. The molecule has 20 heavy (non-hydrogen) atoms. The fourth-order valence-electron chi connectivity index (χ4n) is 1.43. The van der Waals surface area contributed by atoms with Gasteiger partial charge < -0.3 is 21.3 Å². The van der Waals surface area contributed by atoms with Crippen LogP contribution < -0.4 is 11.1 Å². The Kier molecular flexibility index (Phi) is 4.79. The van der Waals surface area contributed by atoms with Gasteiger partial charge in [0.1, 0.15) is 6.04 Å². The van der Waals surface area contributed by atoms with Crippen LogP contribution in [0.1, 0.15) is 27.1 Å². The summed E-state index contributed by atoms with van der Waals surface area (Å²) in [6.45, 7) is 0. The molecule has 0 aromatic heterocycles. The van der Waals surface area contributed by atoms with Crippen LogP contribution in [-0.2, 0) is 9.59 Å². The van der Waals surface area contributed by atoms with Gasteiger partial charge in [-0.15, -0.1) is 0 Å². The van der Waals surface area contributed by atoms with E-state index in [2.05, 4.69) is 5.32 Å². The number of hydrogen-bond acceptors (Lipinski definition) is 4. The van der Waals surface area contributed by atoms with Crippen LogP contribution in [0.4, 0.5) is 0 Å². The topological polar surface area (TPSA) is 147 Å². The summed E-state index contributed by atoms with van der Waals surface area (Å²) in [5, 5.41) is 19.4. The molecule has 0 heterocycles. The molecule has 0 aliphatic carbocycles. The number of carboxylic acids is 2. The lowest BCUT2D eigenvalue weighted by Crippen LogP contribution is -2.42. The van der Waals surface area contributed by atoms with Crippen LogP contribution in [0.15, 0.2) is 24.3 Å². The lowest BCUT2D eigenvalue weighted by Gasteiger charge is -2.12. The Bertz CT molecular complexity index is 569. The lowest BCUT2D eigenvalue weighted by atomic mass is 10.1. The van der Waals surface area contributed by atoms with Crippen LogP contribution in [0.2, 0.25) is 0 Å². The van der Waals surface area contributed by atoms with Gasteiger partial charge in [-0.25, -0.2) is 4.79 Å². The summed E-state index contributed by atoms with van der Waals surface area (Å²) >= 11 is 0. The number of carboxylic acid groups (broad SMARTS) is 2. The number of carbonyl (C=O) groups is 4. The van der Waals surface area contributed by atoms with Gasteiger partial charge in [-0.05, 0) is 18.2 Å². The maximum Gasteiger partial charge on any atom is 0.326 e. The number of nitrogens with one attached hydrogen (secondary N) is 1. The van der Waals surface area contributed by atoms with Crippen molar-refractivity contribution in [1.82, 2.24) is 5.32 Å². The zero-order valence-corrected chi connectivity index (χ0v) is 10.2. The Hall–Kier alpha value is -2.90.